The summed E-state index contributed by atoms with van der Waals surface area (Å²) in [6, 6.07) is 0. The Labute approximate surface area is 122 Å². The fourth-order valence-corrected chi connectivity index (χ4v) is 2.80. The van der Waals surface area contributed by atoms with Gasteiger partial charge in [-0.1, -0.05) is 6.92 Å². The summed E-state index contributed by atoms with van der Waals surface area (Å²) in [6.07, 6.45) is -2.57. The zero-order valence-corrected chi connectivity index (χ0v) is 12.8. The van der Waals surface area contributed by atoms with Crippen LogP contribution in [0.4, 0.5) is 8.78 Å². The van der Waals surface area contributed by atoms with Crippen molar-refractivity contribution in [1.29, 1.82) is 0 Å². The Morgan fingerprint density at radius 1 is 1.43 bits per heavy atom. The van der Waals surface area contributed by atoms with Gasteiger partial charge in [-0.25, -0.2) is 21.9 Å². The molecule has 1 aromatic rings. The van der Waals surface area contributed by atoms with Crippen molar-refractivity contribution in [3.05, 3.63) is 11.3 Å². The Balaban J connectivity index is 2.61. The van der Waals surface area contributed by atoms with Crippen LogP contribution in [0.3, 0.4) is 0 Å². The number of aryl methyl sites for hydroxylation is 1. The van der Waals surface area contributed by atoms with E-state index in [0.29, 0.717) is 24.3 Å². The summed E-state index contributed by atoms with van der Waals surface area (Å²) in [6.45, 7) is 3.76. The highest BCUT2D eigenvalue weighted by atomic mass is 32.2. The summed E-state index contributed by atoms with van der Waals surface area (Å²) in [5, 5.41) is 9.36. The van der Waals surface area contributed by atoms with Gasteiger partial charge in [-0.2, -0.15) is 5.10 Å². The molecule has 0 atom stereocenters. The maximum atomic E-state index is 12.1. The third-order valence-corrected chi connectivity index (χ3v) is 4.06. The van der Waals surface area contributed by atoms with Gasteiger partial charge in [0.25, 0.3) is 16.4 Å². The van der Waals surface area contributed by atoms with Crippen LogP contribution in [0.15, 0.2) is 5.03 Å². The predicted octanol–water partition coefficient (Wildman–Crippen LogP) is 0.388. The van der Waals surface area contributed by atoms with Crippen LogP contribution >= 0.6 is 0 Å². The molecule has 0 unspecified atom stereocenters. The molecule has 0 spiro atoms. The number of rotatable bonds is 10. The van der Waals surface area contributed by atoms with Crippen LogP contribution in [-0.2, 0) is 21.3 Å². The van der Waals surface area contributed by atoms with Crippen molar-refractivity contribution in [3.8, 4) is 0 Å². The van der Waals surface area contributed by atoms with Gasteiger partial charge in [-0.05, 0) is 13.5 Å². The molecule has 3 N–H and O–H groups in total. The zero-order valence-electron chi connectivity index (χ0n) is 11.9. The Morgan fingerprint density at radius 3 is 2.76 bits per heavy atom. The third-order valence-electron chi connectivity index (χ3n) is 2.62. The number of sulfonamides is 1. The summed E-state index contributed by atoms with van der Waals surface area (Å²) in [4.78, 5) is 0. The van der Waals surface area contributed by atoms with Crippen molar-refractivity contribution in [2.75, 3.05) is 26.3 Å². The number of aromatic nitrogens is 2. The molecule has 1 rings (SSSR count). The molecular weight excluding hydrogens is 306 g/mol. The van der Waals surface area contributed by atoms with E-state index in [9.17, 15) is 17.2 Å². The summed E-state index contributed by atoms with van der Waals surface area (Å²) >= 11 is 0. The largest absolute Gasteiger partial charge is 0.374 e. The normalized spacial score (nSPS) is 12.2. The molecule has 21 heavy (non-hydrogen) atoms. The van der Waals surface area contributed by atoms with Crippen molar-refractivity contribution < 1.29 is 21.9 Å². The number of hydrogen-bond acceptors (Lipinski definition) is 5. The Kier molecular flexibility index (Phi) is 7.15. The molecule has 1 heterocycles. The van der Waals surface area contributed by atoms with Crippen LogP contribution in [-0.4, -0.2) is 51.3 Å². The summed E-state index contributed by atoms with van der Waals surface area (Å²) < 4.78 is 54.8. The van der Waals surface area contributed by atoms with Crippen LogP contribution < -0.4 is 10.0 Å². The molecule has 0 saturated carbocycles. The molecule has 0 saturated heterocycles. The van der Waals surface area contributed by atoms with Gasteiger partial charge >= 0.3 is 0 Å². The SMILES string of the molecule is CCNCc1c(S(=O)(=O)NCCOCC(F)F)n[nH]c1C. The van der Waals surface area contributed by atoms with E-state index in [4.69, 9.17) is 0 Å². The lowest BCUT2D eigenvalue weighted by Gasteiger charge is -2.08. The Bertz CT molecular complexity index is 534. The third kappa shape index (κ3) is 5.65. The number of hydrogen-bond donors (Lipinski definition) is 3. The van der Waals surface area contributed by atoms with Crippen molar-refractivity contribution in [2.45, 2.75) is 31.8 Å². The van der Waals surface area contributed by atoms with Crippen LogP contribution in [0.5, 0.6) is 0 Å². The first-order valence-corrected chi connectivity index (χ1v) is 7.97. The maximum absolute atomic E-state index is 12.1. The van der Waals surface area contributed by atoms with Gasteiger partial charge in [0.05, 0.1) is 6.61 Å². The molecule has 0 aliphatic carbocycles. The molecule has 0 bridgehead atoms. The predicted molar refractivity (Wildman–Crippen MR) is 72.7 cm³/mol. The lowest BCUT2D eigenvalue weighted by Crippen LogP contribution is -2.29. The van der Waals surface area contributed by atoms with E-state index in [2.05, 4.69) is 25.0 Å². The fourth-order valence-electron chi connectivity index (χ4n) is 1.60. The minimum atomic E-state index is -3.80. The van der Waals surface area contributed by atoms with E-state index in [-0.39, 0.29) is 18.2 Å². The quantitative estimate of drug-likeness (QED) is 0.541. The molecule has 0 aliphatic heterocycles. The molecule has 0 fully saturated rings. The number of nitrogens with zero attached hydrogens (tertiary/aromatic N) is 1. The maximum Gasteiger partial charge on any atom is 0.261 e. The average Bonchev–Trinajstić information content (AvgIpc) is 2.77. The fraction of sp³-hybridized carbons (Fsp3) is 0.727. The lowest BCUT2D eigenvalue weighted by atomic mass is 10.2. The van der Waals surface area contributed by atoms with Gasteiger partial charge in [-0.3, -0.25) is 5.10 Å². The van der Waals surface area contributed by atoms with Gasteiger partial charge in [0.1, 0.15) is 6.61 Å². The molecule has 0 aliphatic rings. The first-order chi connectivity index (χ1) is 9.88. The Morgan fingerprint density at radius 2 is 2.14 bits per heavy atom. The van der Waals surface area contributed by atoms with Gasteiger partial charge in [-0.15, -0.1) is 0 Å². The van der Waals surface area contributed by atoms with Crippen LogP contribution in [0.2, 0.25) is 0 Å². The van der Waals surface area contributed by atoms with E-state index < -0.39 is 23.1 Å². The number of alkyl halides is 2. The first kappa shape index (κ1) is 18.0. The van der Waals surface area contributed by atoms with Gasteiger partial charge in [0.2, 0.25) is 0 Å². The zero-order chi connectivity index (χ0) is 15.9. The molecule has 0 aromatic carbocycles. The summed E-state index contributed by atoms with van der Waals surface area (Å²) in [5.41, 5.74) is 1.21. The molecule has 0 amide bonds. The second-order valence-electron chi connectivity index (χ2n) is 4.28. The molecule has 0 radical (unpaired) electrons. The standard InChI is InChI=1S/C11H20F2N4O3S/c1-3-14-6-9-8(2)16-17-11(9)21(18,19)15-4-5-20-7-10(12)13/h10,14-15H,3-7H2,1-2H3,(H,16,17). The first-order valence-electron chi connectivity index (χ1n) is 6.48. The van der Waals surface area contributed by atoms with Crippen LogP contribution in [0, 0.1) is 6.92 Å². The van der Waals surface area contributed by atoms with Gasteiger partial charge in [0, 0.05) is 24.3 Å². The topological polar surface area (TPSA) is 96.1 Å². The van der Waals surface area contributed by atoms with Crippen LogP contribution in [0.25, 0.3) is 0 Å². The van der Waals surface area contributed by atoms with Crippen molar-refractivity contribution >= 4 is 10.0 Å². The summed E-state index contributed by atoms with van der Waals surface area (Å²) in [5.74, 6) is 0. The number of nitrogens with one attached hydrogen (secondary N) is 3. The van der Waals surface area contributed by atoms with Crippen LogP contribution in [0.1, 0.15) is 18.2 Å². The minimum Gasteiger partial charge on any atom is -0.374 e. The number of aromatic amines is 1. The highest BCUT2D eigenvalue weighted by molar-refractivity contribution is 7.89. The molecule has 1 aromatic heterocycles. The molecule has 7 nitrogen and oxygen atoms in total. The highest BCUT2D eigenvalue weighted by Crippen LogP contribution is 2.15. The lowest BCUT2D eigenvalue weighted by molar-refractivity contribution is 0.0199. The second kappa shape index (κ2) is 8.37. The smallest absolute Gasteiger partial charge is 0.261 e. The highest BCUT2D eigenvalue weighted by Gasteiger charge is 2.23. The molecule has 10 heteroatoms. The van der Waals surface area contributed by atoms with Crippen molar-refractivity contribution in [3.63, 3.8) is 0 Å². The van der Waals surface area contributed by atoms with Gasteiger partial charge < -0.3 is 10.1 Å². The van der Waals surface area contributed by atoms with E-state index >= 15 is 0 Å². The van der Waals surface area contributed by atoms with Gasteiger partial charge in [0.15, 0.2) is 5.03 Å². The monoisotopic (exact) mass is 326 g/mol. The Hall–Kier alpha value is -1.10. The number of H-pyrrole nitrogens is 1. The molecule has 122 valence electrons. The van der Waals surface area contributed by atoms with E-state index in [1.807, 2.05) is 6.92 Å². The second-order valence-corrected chi connectivity index (χ2v) is 5.96. The number of ether oxygens (including phenoxy) is 1. The number of halogens is 2. The van der Waals surface area contributed by atoms with Crippen molar-refractivity contribution in [1.82, 2.24) is 20.2 Å². The van der Waals surface area contributed by atoms with E-state index in [0.717, 1.165) is 0 Å². The van der Waals surface area contributed by atoms with E-state index in [1.54, 1.807) is 6.92 Å². The average molecular weight is 326 g/mol. The minimum absolute atomic E-state index is 0.0881. The molecular formula is C11H20F2N4O3S. The van der Waals surface area contributed by atoms with E-state index in [1.165, 1.54) is 0 Å². The summed E-state index contributed by atoms with van der Waals surface area (Å²) in [7, 11) is -3.80. The van der Waals surface area contributed by atoms with Crippen molar-refractivity contribution in [2.24, 2.45) is 0 Å².